The van der Waals surface area contributed by atoms with Crippen molar-refractivity contribution in [2.24, 2.45) is 0 Å². The van der Waals surface area contributed by atoms with Crippen LogP contribution in [0.4, 0.5) is 11.4 Å². The van der Waals surface area contributed by atoms with Crippen molar-refractivity contribution in [2.75, 3.05) is 5.32 Å². The number of nitrogens with zero attached hydrogens (tertiary/aromatic N) is 2. The Morgan fingerprint density at radius 2 is 1.70 bits per heavy atom. The fraction of sp³-hybridized carbons (Fsp3) is 0.0909. The molecule has 0 aliphatic heterocycles. The minimum Gasteiger partial charge on any atom is -0.508 e. The molecule has 27 heavy (non-hydrogen) atoms. The molecule has 0 aliphatic rings. The number of ether oxygens (including phenoxy) is 1. The first kappa shape index (κ1) is 16.8. The molecule has 4 aromatic rings. The van der Waals surface area contributed by atoms with Crippen LogP contribution in [0.15, 0.2) is 66.9 Å². The molecule has 2 aromatic carbocycles. The second-order valence-electron chi connectivity index (χ2n) is 6.40. The van der Waals surface area contributed by atoms with Gasteiger partial charge in [0.1, 0.15) is 11.5 Å². The third-order valence-electron chi connectivity index (χ3n) is 4.21. The second kappa shape index (κ2) is 6.96. The van der Waals surface area contributed by atoms with Crippen LogP contribution in [-0.2, 0) is 0 Å². The Morgan fingerprint density at radius 1 is 0.889 bits per heavy atom. The standard InChI is InChI=1S/C22H19N3O2/c1-14-3-10-21(27-17-7-5-16(26)6-8-17)20(13-14)25-19-11-12-23-22-18(19)9-4-15(2)24-22/h3-13,26H,1-2H3,(H,23,24,25). The Kier molecular flexibility index (Phi) is 4.34. The summed E-state index contributed by atoms with van der Waals surface area (Å²) in [6, 6.07) is 18.5. The number of benzene rings is 2. The lowest BCUT2D eigenvalue weighted by Gasteiger charge is -2.15. The zero-order chi connectivity index (χ0) is 18.8. The van der Waals surface area contributed by atoms with E-state index in [-0.39, 0.29) is 5.75 Å². The number of phenols is 1. The van der Waals surface area contributed by atoms with Crippen LogP contribution in [0.2, 0.25) is 0 Å². The molecule has 0 aliphatic carbocycles. The normalized spacial score (nSPS) is 10.7. The number of pyridine rings is 2. The molecule has 2 heterocycles. The smallest absolute Gasteiger partial charge is 0.161 e. The van der Waals surface area contributed by atoms with Gasteiger partial charge in [0.05, 0.1) is 11.4 Å². The first-order chi connectivity index (χ1) is 13.1. The Hall–Kier alpha value is -3.60. The molecule has 2 N–H and O–H groups in total. The van der Waals surface area contributed by atoms with Crippen LogP contribution in [0.1, 0.15) is 11.3 Å². The Bertz CT molecular complexity index is 1110. The minimum atomic E-state index is 0.204. The van der Waals surface area contributed by atoms with Gasteiger partial charge in [0.25, 0.3) is 0 Å². The van der Waals surface area contributed by atoms with Gasteiger partial charge >= 0.3 is 0 Å². The van der Waals surface area contributed by atoms with E-state index in [0.29, 0.717) is 17.1 Å². The second-order valence-corrected chi connectivity index (χ2v) is 6.40. The predicted octanol–water partition coefficient (Wildman–Crippen LogP) is 5.49. The summed E-state index contributed by atoms with van der Waals surface area (Å²) < 4.78 is 6.02. The van der Waals surface area contributed by atoms with Gasteiger partial charge < -0.3 is 15.2 Å². The van der Waals surface area contributed by atoms with Crippen molar-refractivity contribution in [3.63, 3.8) is 0 Å². The number of anilines is 2. The molecule has 0 saturated carbocycles. The quantitative estimate of drug-likeness (QED) is 0.506. The highest BCUT2D eigenvalue weighted by Gasteiger charge is 2.09. The van der Waals surface area contributed by atoms with Crippen LogP contribution < -0.4 is 10.1 Å². The van der Waals surface area contributed by atoms with Gasteiger partial charge in [-0.1, -0.05) is 6.07 Å². The molecule has 5 heteroatoms. The molecule has 0 saturated heterocycles. The summed E-state index contributed by atoms with van der Waals surface area (Å²) in [6.07, 6.45) is 1.74. The van der Waals surface area contributed by atoms with Crippen molar-refractivity contribution in [2.45, 2.75) is 13.8 Å². The number of hydrogen-bond donors (Lipinski definition) is 2. The predicted molar refractivity (Wildman–Crippen MR) is 107 cm³/mol. The summed E-state index contributed by atoms with van der Waals surface area (Å²) in [7, 11) is 0. The fourth-order valence-corrected chi connectivity index (χ4v) is 2.85. The Labute approximate surface area is 157 Å². The minimum absolute atomic E-state index is 0.204. The van der Waals surface area contributed by atoms with Gasteiger partial charge in [-0.25, -0.2) is 9.97 Å². The Morgan fingerprint density at radius 3 is 2.52 bits per heavy atom. The van der Waals surface area contributed by atoms with E-state index in [1.165, 1.54) is 0 Å². The number of nitrogens with one attached hydrogen (secondary N) is 1. The van der Waals surface area contributed by atoms with E-state index in [1.807, 2.05) is 50.2 Å². The van der Waals surface area contributed by atoms with Crippen LogP contribution in [0.25, 0.3) is 11.0 Å². The van der Waals surface area contributed by atoms with Gasteiger partial charge in [-0.3, -0.25) is 0 Å². The zero-order valence-corrected chi connectivity index (χ0v) is 15.1. The molecule has 5 nitrogen and oxygen atoms in total. The maximum Gasteiger partial charge on any atom is 0.161 e. The summed E-state index contributed by atoms with van der Waals surface area (Å²) in [5, 5.41) is 13.8. The van der Waals surface area contributed by atoms with E-state index in [4.69, 9.17) is 4.74 Å². The molecular formula is C22H19N3O2. The average Bonchev–Trinajstić information content (AvgIpc) is 2.65. The van der Waals surface area contributed by atoms with Crippen molar-refractivity contribution < 1.29 is 9.84 Å². The molecule has 2 aromatic heterocycles. The summed E-state index contributed by atoms with van der Waals surface area (Å²) in [4.78, 5) is 8.84. The van der Waals surface area contributed by atoms with Gasteiger partial charge in [0.15, 0.2) is 11.4 Å². The third kappa shape index (κ3) is 3.67. The highest BCUT2D eigenvalue weighted by atomic mass is 16.5. The highest BCUT2D eigenvalue weighted by Crippen LogP contribution is 2.34. The first-order valence-corrected chi connectivity index (χ1v) is 8.65. The lowest BCUT2D eigenvalue weighted by molar-refractivity contribution is 0.465. The summed E-state index contributed by atoms with van der Waals surface area (Å²) in [5.74, 6) is 1.54. The maximum atomic E-state index is 9.45. The van der Waals surface area contributed by atoms with Crippen LogP contribution >= 0.6 is 0 Å². The molecule has 0 atom stereocenters. The topological polar surface area (TPSA) is 67.3 Å². The van der Waals surface area contributed by atoms with Crippen LogP contribution in [0.5, 0.6) is 17.2 Å². The lowest BCUT2D eigenvalue weighted by Crippen LogP contribution is -1.97. The molecular weight excluding hydrogens is 338 g/mol. The number of aromatic hydroxyl groups is 1. The van der Waals surface area contributed by atoms with E-state index in [1.54, 1.807) is 30.5 Å². The number of fused-ring (bicyclic) bond motifs is 1. The molecule has 0 spiro atoms. The fourth-order valence-electron chi connectivity index (χ4n) is 2.85. The van der Waals surface area contributed by atoms with E-state index < -0.39 is 0 Å². The Balaban J connectivity index is 1.72. The van der Waals surface area contributed by atoms with E-state index in [9.17, 15) is 5.11 Å². The van der Waals surface area contributed by atoms with Gasteiger partial charge in [-0.2, -0.15) is 0 Å². The number of rotatable bonds is 4. The van der Waals surface area contributed by atoms with E-state index in [2.05, 4.69) is 15.3 Å². The van der Waals surface area contributed by atoms with Crippen molar-refractivity contribution in [3.8, 4) is 17.2 Å². The first-order valence-electron chi connectivity index (χ1n) is 8.65. The average molecular weight is 357 g/mol. The third-order valence-corrected chi connectivity index (χ3v) is 4.21. The van der Waals surface area contributed by atoms with Crippen molar-refractivity contribution in [1.82, 2.24) is 9.97 Å². The number of hydrogen-bond acceptors (Lipinski definition) is 5. The van der Waals surface area contributed by atoms with Crippen molar-refractivity contribution in [1.29, 1.82) is 0 Å². The number of aryl methyl sites for hydroxylation is 2. The van der Waals surface area contributed by atoms with Gasteiger partial charge in [-0.15, -0.1) is 0 Å². The lowest BCUT2D eigenvalue weighted by atomic mass is 10.1. The van der Waals surface area contributed by atoms with Gasteiger partial charge in [-0.05, 0) is 74.0 Å². The van der Waals surface area contributed by atoms with Crippen LogP contribution in [0.3, 0.4) is 0 Å². The molecule has 134 valence electrons. The molecule has 0 radical (unpaired) electrons. The molecule has 0 fully saturated rings. The molecule has 0 bridgehead atoms. The van der Waals surface area contributed by atoms with Crippen molar-refractivity contribution >= 4 is 22.4 Å². The highest BCUT2D eigenvalue weighted by molar-refractivity contribution is 5.91. The van der Waals surface area contributed by atoms with Gasteiger partial charge in [0, 0.05) is 17.3 Å². The van der Waals surface area contributed by atoms with E-state index >= 15 is 0 Å². The number of aromatic nitrogens is 2. The van der Waals surface area contributed by atoms with Gasteiger partial charge in [0.2, 0.25) is 0 Å². The molecule has 0 unspecified atom stereocenters. The summed E-state index contributed by atoms with van der Waals surface area (Å²) in [6.45, 7) is 3.98. The van der Waals surface area contributed by atoms with Crippen molar-refractivity contribution in [3.05, 3.63) is 78.1 Å². The summed E-state index contributed by atoms with van der Waals surface area (Å²) >= 11 is 0. The largest absolute Gasteiger partial charge is 0.508 e. The van der Waals surface area contributed by atoms with Crippen LogP contribution in [-0.4, -0.2) is 15.1 Å². The molecule has 0 amide bonds. The zero-order valence-electron chi connectivity index (χ0n) is 15.1. The van der Waals surface area contributed by atoms with E-state index in [0.717, 1.165) is 28.0 Å². The number of phenolic OH excluding ortho intramolecular Hbond substituents is 1. The SMILES string of the molecule is Cc1ccc(Oc2ccc(O)cc2)c(Nc2ccnc3nc(C)ccc23)c1. The maximum absolute atomic E-state index is 9.45. The van der Waals surface area contributed by atoms with Crippen LogP contribution in [0, 0.1) is 13.8 Å². The molecule has 4 rings (SSSR count). The monoisotopic (exact) mass is 357 g/mol. The summed E-state index contributed by atoms with van der Waals surface area (Å²) in [5.41, 5.74) is 4.50.